The molecule has 0 spiro atoms. The Morgan fingerprint density at radius 1 is 0.958 bits per heavy atom. The summed E-state index contributed by atoms with van der Waals surface area (Å²) >= 11 is 0. The zero-order valence-electron chi connectivity index (χ0n) is 13.8. The van der Waals surface area contributed by atoms with E-state index in [0.29, 0.717) is 28.4 Å². The van der Waals surface area contributed by atoms with Crippen LogP contribution in [0.4, 0.5) is 0 Å². The van der Waals surface area contributed by atoms with Gasteiger partial charge in [0.1, 0.15) is 11.9 Å². The summed E-state index contributed by atoms with van der Waals surface area (Å²) < 4.78 is 15.5. The van der Waals surface area contributed by atoms with Gasteiger partial charge in [0, 0.05) is 11.1 Å². The normalized spacial score (nSPS) is 11.7. The van der Waals surface area contributed by atoms with E-state index in [2.05, 4.69) is 0 Å². The molecule has 0 saturated heterocycles. The van der Waals surface area contributed by atoms with Gasteiger partial charge >= 0.3 is 0 Å². The largest absolute Gasteiger partial charge is 0.496 e. The minimum atomic E-state index is -1.35. The molecule has 0 bridgehead atoms. The second-order valence-corrected chi connectivity index (χ2v) is 5.07. The zero-order chi connectivity index (χ0) is 17.7. The van der Waals surface area contributed by atoms with Gasteiger partial charge in [0.25, 0.3) is 0 Å². The number of Topliss-reactive ketones (excluding diaryl/α,β-unsaturated/α-hetero) is 1. The molecule has 0 saturated carbocycles. The second-order valence-electron chi connectivity index (χ2n) is 5.07. The van der Waals surface area contributed by atoms with Crippen LogP contribution in [-0.2, 0) is 6.61 Å². The minimum Gasteiger partial charge on any atom is -0.496 e. The van der Waals surface area contributed by atoms with Crippen LogP contribution >= 0.6 is 0 Å². The number of ketones is 1. The lowest BCUT2D eigenvalue weighted by molar-refractivity contribution is 0.0746. The first-order chi connectivity index (χ1) is 11.5. The summed E-state index contributed by atoms with van der Waals surface area (Å²) in [4.78, 5) is 12.5. The standard InChI is InChI=1S/C18H20O6/c1-22-14-7-6-12(9-16(14)24-3)18(21)17(20)11-4-5-13(10-19)15(8-11)23-2/h4-9,18-19,21H,10H2,1-3H3. The molecule has 0 radical (unpaired) electrons. The third kappa shape index (κ3) is 3.50. The lowest BCUT2D eigenvalue weighted by atomic mass is 9.98. The molecule has 2 N–H and O–H groups in total. The first-order valence-corrected chi connectivity index (χ1v) is 7.27. The quantitative estimate of drug-likeness (QED) is 0.756. The van der Waals surface area contributed by atoms with Gasteiger partial charge < -0.3 is 24.4 Å². The SMILES string of the molecule is COc1cc(C(=O)C(O)c2ccc(OC)c(OC)c2)ccc1CO. The van der Waals surface area contributed by atoms with Crippen molar-refractivity contribution in [3.05, 3.63) is 53.1 Å². The minimum absolute atomic E-state index is 0.199. The number of carbonyl (C=O) groups excluding carboxylic acids is 1. The maximum absolute atomic E-state index is 12.5. The highest BCUT2D eigenvalue weighted by Gasteiger charge is 2.22. The highest BCUT2D eigenvalue weighted by molar-refractivity contribution is 6.00. The lowest BCUT2D eigenvalue weighted by Crippen LogP contribution is -2.13. The van der Waals surface area contributed by atoms with Crippen LogP contribution in [0.25, 0.3) is 0 Å². The van der Waals surface area contributed by atoms with Crippen molar-refractivity contribution in [1.29, 1.82) is 0 Å². The highest BCUT2D eigenvalue weighted by atomic mass is 16.5. The van der Waals surface area contributed by atoms with Gasteiger partial charge in [-0.25, -0.2) is 0 Å². The number of aliphatic hydroxyl groups excluding tert-OH is 2. The zero-order valence-corrected chi connectivity index (χ0v) is 13.8. The van der Waals surface area contributed by atoms with Crippen LogP contribution in [0.5, 0.6) is 17.2 Å². The van der Waals surface area contributed by atoms with E-state index in [4.69, 9.17) is 14.2 Å². The van der Waals surface area contributed by atoms with Crippen molar-refractivity contribution in [1.82, 2.24) is 0 Å². The van der Waals surface area contributed by atoms with E-state index in [9.17, 15) is 15.0 Å². The van der Waals surface area contributed by atoms with Crippen LogP contribution in [0, 0.1) is 0 Å². The molecule has 0 aliphatic heterocycles. The van der Waals surface area contributed by atoms with E-state index in [-0.39, 0.29) is 12.2 Å². The van der Waals surface area contributed by atoms with Crippen molar-refractivity contribution in [2.24, 2.45) is 0 Å². The molecule has 24 heavy (non-hydrogen) atoms. The molecular weight excluding hydrogens is 312 g/mol. The first-order valence-electron chi connectivity index (χ1n) is 7.27. The van der Waals surface area contributed by atoms with Crippen LogP contribution in [0.15, 0.2) is 36.4 Å². The van der Waals surface area contributed by atoms with Gasteiger partial charge in [-0.1, -0.05) is 18.2 Å². The fraction of sp³-hybridized carbons (Fsp3) is 0.278. The van der Waals surface area contributed by atoms with Crippen molar-refractivity contribution in [3.8, 4) is 17.2 Å². The molecule has 0 aromatic heterocycles. The Bertz CT molecular complexity index is 725. The van der Waals surface area contributed by atoms with Gasteiger partial charge in [-0.15, -0.1) is 0 Å². The van der Waals surface area contributed by atoms with E-state index < -0.39 is 11.9 Å². The van der Waals surface area contributed by atoms with Gasteiger partial charge in [-0.2, -0.15) is 0 Å². The van der Waals surface area contributed by atoms with Crippen LogP contribution in [0.1, 0.15) is 27.6 Å². The van der Waals surface area contributed by atoms with E-state index >= 15 is 0 Å². The molecule has 0 fully saturated rings. The molecule has 2 aromatic carbocycles. The van der Waals surface area contributed by atoms with Crippen LogP contribution in [0.2, 0.25) is 0 Å². The highest BCUT2D eigenvalue weighted by Crippen LogP contribution is 2.31. The Kier molecular flexibility index (Phi) is 5.78. The molecule has 128 valence electrons. The number of aliphatic hydroxyl groups is 2. The molecule has 6 nitrogen and oxygen atoms in total. The fourth-order valence-corrected chi connectivity index (χ4v) is 2.36. The fourth-order valence-electron chi connectivity index (χ4n) is 2.36. The Morgan fingerprint density at radius 2 is 1.62 bits per heavy atom. The van der Waals surface area contributed by atoms with E-state index in [1.807, 2.05) is 0 Å². The average Bonchev–Trinajstić information content (AvgIpc) is 2.65. The molecular formula is C18H20O6. The van der Waals surface area contributed by atoms with Gasteiger partial charge in [-0.3, -0.25) is 4.79 Å². The molecule has 2 rings (SSSR count). The average molecular weight is 332 g/mol. The van der Waals surface area contributed by atoms with Crippen LogP contribution < -0.4 is 14.2 Å². The van der Waals surface area contributed by atoms with Gasteiger partial charge in [-0.05, 0) is 23.8 Å². The van der Waals surface area contributed by atoms with Crippen molar-refractivity contribution in [3.63, 3.8) is 0 Å². The molecule has 0 aliphatic rings. The molecule has 1 atom stereocenters. The Labute approximate surface area is 140 Å². The molecule has 6 heteroatoms. The topological polar surface area (TPSA) is 85.2 Å². The smallest absolute Gasteiger partial charge is 0.195 e. The maximum atomic E-state index is 12.5. The number of benzene rings is 2. The van der Waals surface area contributed by atoms with Gasteiger partial charge in [0.15, 0.2) is 17.3 Å². The molecule has 0 aliphatic carbocycles. The first kappa shape index (κ1) is 17.8. The summed E-state index contributed by atoms with van der Waals surface area (Å²) in [5.74, 6) is 0.845. The van der Waals surface area contributed by atoms with Gasteiger partial charge in [0.2, 0.25) is 0 Å². The summed E-state index contributed by atoms with van der Waals surface area (Å²) in [5.41, 5.74) is 1.24. The summed E-state index contributed by atoms with van der Waals surface area (Å²) in [5, 5.41) is 19.6. The molecule has 2 aromatic rings. The van der Waals surface area contributed by atoms with E-state index in [1.165, 1.54) is 27.4 Å². The number of carbonyl (C=O) groups is 1. The van der Waals surface area contributed by atoms with Crippen molar-refractivity contribution in [2.45, 2.75) is 12.7 Å². The summed E-state index contributed by atoms with van der Waals surface area (Å²) in [6.45, 7) is -0.199. The third-order valence-electron chi connectivity index (χ3n) is 3.71. The Hall–Kier alpha value is -2.57. The van der Waals surface area contributed by atoms with E-state index in [1.54, 1.807) is 30.3 Å². The number of hydrogen-bond acceptors (Lipinski definition) is 6. The maximum Gasteiger partial charge on any atom is 0.195 e. The van der Waals surface area contributed by atoms with Crippen LogP contribution in [-0.4, -0.2) is 37.3 Å². The number of ether oxygens (including phenoxy) is 3. The van der Waals surface area contributed by atoms with Crippen molar-refractivity contribution < 1.29 is 29.2 Å². The van der Waals surface area contributed by atoms with Crippen LogP contribution in [0.3, 0.4) is 0 Å². The lowest BCUT2D eigenvalue weighted by Gasteiger charge is -2.14. The summed E-state index contributed by atoms with van der Waals surface area (Å²) in [6.07, 6.45) is -1.35. The molecule has 1 unspecified atom stereocenters. The third-order valence-corrected chi connectivity index (χ3v) is 3.71. The predicted octanol–water partition coefficient (Wildman–Crippen LogP) is 2.12. The monoisotopic (exact) mass is 332 g/mol. The Morgan fingerprint density at radius 3 is 2.21 bits per heavy atom. The number of methoxy groups -OCH3 is 3. The van der Waals surface area contributed by atoms with Crippen molar-refractivity contribution in [2.75, 3.05) is 21.3 Å². The van der Waals surface area contributed by atoms with Gasteiger partial charge in [0.05, 0.1) is 27.9 Å². The summed E-state index contributed by atoms with van der Waals surface area (Å²) in [7, 11) is 4.44. The van der Waals surface area contributed by atoms with Crippen molar-refractivity contribution >= 4 is 5.78 Å². The predicted molar refractivity (Wildman–Crippen MR) is 87.8 cm³/mol. The summed E-state index contributed by atoms with van der Waals surface area (Å²) in [6, 6.07) is 9.41. The van der Waals surface area contributed by atoms with E-state index in [0.717, 1.165) is 0 Å². The number of rotatable bonds is 7. The second kappa shape index (κ2) is 7.81. The molecule has 0 amide bonds. The Balaban J connectivity index is 2.32. The molecule has 0 heterocycles. The number of hydrogen-bond donors (Lipinski definition) is 2.